The lowest BCUT2D eigenvalue weighted by atomic mass is 9.88. The first kappa shape index (κ1) is 34.3. The van der Waals surface area contributed by atoms with E-state index in [0.29, 0.717) is 41.6 Å². The second-order valence-electron chi connectivity index (χ2n) is 15.1. The molecular formula is C38H55N5O2S2. The standard InChI is InChI=1S/C38H55N5O2S2/c1-27(2)19-33(24-40-18-6-9-31(40)25-41-32(22-39-37(41)46)20-28-10-14-35(44)15-11-28)43-26-34(21-29-12-16-36(45)17-13-29)42(38(43)47)23-30-7-4-3-5-8-30/h10-17,27,30-34,44-45H,3-9,18-26H2,1-2H3,(H,39,46)/t31?,32-,33-,34-/m0/s1. The molecule has 0 aromatic heterocycles. The van der Waals surface area contributed by atoms with Crippen LogP contribution in [0.25, 0.3) is 0 Å². The molecule has 0 spiro atoms. The summed E-state index contributed by atoms with van der Waals surface area (Å²) >= 11 is 12.2. The third kappa shape index (κ3) is 8.70. The average Bonchev–Trinajstić information content (AvgIpc) is 3.73. The van der Waals surface area contributed by atoms with Crippen molar-refractivity contribution in [3.63, 3.8) is 0 Å². The molecule has 3 N–H and O–H groups in total. The van der Waals surface area contributed by atoms with E-state index in [0.717, 1.165) is 74.7 Å². The summed E-state index contributed by atoms with van der Waals surface area (Å²) in [6.07, 6.45) is 12.1. The molecular weight excluding hydrogens is 623 g/mol. The van der Waals surface area contributed by atoms with Crippen molar-refractivity contribution in [1.29, 1.82) is 0 Å². The number of hydrogen-bond acceptors (Lipinski definition) is 5. The molecule has 1 unspecified atom stereocenters. The Morgan fingerprint density at radius 2 is 1.40 bits per heavy atom. The van der Waals surface area contributed by atoms with Gasteiger partial charge < -0.3 is 30.2 Å². The summed E-state index contributed by atoms with van der Waals surface area (Å²) in [7, 11) is 0. The molecule has 3 aliphatic heterocycles. The maximum absolute atomic E-state index is 9.91. The van der Waals surface area contributed by atoms with Gasteiger partial charge in [-0.15, -0.1) is 0 Å². The number of nitrogens with zero attached hydrogens (tertiary/aromatic N) is 4. The van der Waals surface area contributed by atoms with Crippen molar-refractivity contribution in [3.8, 4) is 11.5 Å². The Labute approximate surface area is 293 Å². The highest BCUT2D eigenvalue weighted by Gasteiger charge is 2.41. The monoisotopic (exact) mass is 677 g/mol. The molecule has 0 amide bonds. The summed E-state index contributed by atoms with van der Waals surface area (Å²) in [6, 6.07) is 16.9. The largest absolute Gasteiger partial charge is 0.508 e. The molecule has 3 saturated heterocycles. The van der Waals surface area contributed by atoms with Crippen LogP contribution in [0.3, 0.4) is 0 Å². The van der Waals surface area contributed by atoms with Gasteiger partial charge in [0, 0.05) is 44.8 Å². The fourth-order valence-corrected chi connectivity index (χ4v) is 9.32. The molecule has 256 valence electrons. The molecule has 4 aliphatic rings. The highest BCUT2D eigenvalue weighted by molar-refractivity contribution is 7.80. The first-order valence-corrected chi connectivity index (χ1v) is 19.0. The third-order valence-electron chi connectivity index (χ3n) is 11.1. The van der Waals surface area contributed by atoms with E-state index in [-0.39, 0.29) is 0 Å². The Morgan fingerprint density at radius 1 is 0.766 bits per heavy atom. The average molecular weight is 678 g/mol. The molecule has 47 heavy (non-hydrogen) atoms. The van der Waals surface area contributed by atoms with Crippen LogP contribution < -0.4 is 5.32 Å². The fourth-order valence-electron chi connectivity index (χ4n) is 8.57. The predicted molar refractivity (Wildman–Crippen MR) is 199 cm³/mol. The molecule has 1 aliphatic carbocycles. The summed E-state index contributed by atoms with van der Waals surface area (Å²) < 4.78 is 0. The summed E-state index contributed by atoms with van der Waals surface area (Å²) in [4.78, 5) is 10.4. The van der Waals surface area contributed by atoms with Crippen LogP contribution in [0.5, 0.6) is 11.5 Å². The van der Waals surface area contributed by atoms with Crippen molar-refractivity contribution < 1.29 is 10.2 Å². The lowest BCUT2D eigenvalue weighted by molar-refractivity contribution is 0.149. The molecule has 6 rings (SSSR count). The van der Waals surface area contributed by atoms with Gasteiger partial charge in [0.1, 0.15) is 11.5 Å². The maximum Gasteiger partial charge on any atom is 0.172 e. The zero-order valence-corrected chi connectivity index (χ0v) is 30.0. The van der Waals surface area contributed by atoms with Crippen LogP contribution in [0, 0.1) is 11.8 Å². The Hall–Kier alpha value is -2.62. The minimum absolute atomic E-state index is 0.310. The molecule has 0 radical (unpaired) electrons. The van der Waals surface area contributed by atoms with Gasteiger partial charge in [-0.1, -0.05) is 57.4 Å². The zero-order valence-electron chi connectivity index (χ0n) is 28.4. The van der Waals surface area contributed by atoms with E-state index < -0.39 is 0 Å². The molecule has 4 fully saturated rings. The molecule has 4 atom stereocenters. The van der Waals surface area contributed by atoms with Crippen molar-refractivity contribution in [1.82, 2.24) is 24.9 Å². The summed E-state index contributed by atoms with van der Waals surface area (Å²) in [6.45, 7) is 10.7. The Morgan fingerprint density at radius 3 is 2.04 bits per heavy atom. The first-order valence-electron chi connectivity index (χ1n) is 18.1. The zero-order chi connectivity index (χ0) is 32.9. The Bertz CT molecular complexity index is 1330. The molecule has 2 aromatic carbocycles. The number of benzene rings is 2. The SMILES string of the molecule is CC(C)C[C@@H](CN1CCCC1CN1C(=S)NC[C@@H]1Cc1ccc(O)cc1)N1C[C@H](Cc2ccc(O)cc2)N(CC2CCCCC2)C1=S. The van der Waals surface area contributed by atoms with E-state index in [1.165, 1.54) is 56.1 Å². The van der Waals surface area contributed by atoms with Crippen LogP contribution in [0.2, 0.25) is 0 Å². The van der Waals surface area contributed by atoms with Gasteiger partial charge >= 0.3 is 0 Å². The lowest BCUT2D eigenvalue weighted by Gasteiger charge is -2.38. The molecule has 0 bridgehead atoms. The van der Waals surface area contributed by atoms with Crippen molar-refractivity contribution in [2.45, 2.75) is 102 Å². The van der Waals surface area contributed by atoms with Crippen LogP contribution in [0.15, 0.2) is 48.5 Å². The van der Waals surface area contributed by atoms with E-state index in [4.69, 9.17) is 24.4 Å². The van der Waals surface area contributed by atoms with Gasteiger partial charge in [-0.3, -0.25) is 4.90 Å². The number of aromatic hydroxyl groups is 2. The van der Waals surface area contributed by atoms with Crippen molar-refractivity contribution in [2.75, 3.05) is 39.3 Å². The summed E-state index contributed by atoms with van der Waals surface area (Å²) in [5.74, 6) is 1.94. The topological polar surface area (TPSA) is 65.4 Å². The van der Waals surface area contributed by atoms with Crippen molar-refractivity contribution >= 4 is 34.7 Å². The maximum atomic E-state index is 9.91. The van der Waals surface area contributed by atoms with Crippen LogP contribution in [-0.2, 0) is 12.8 Å². The van der Waals surface area contributed by atoms with Gasteiger partial charge in [-0.25, -0.2) is 0 Å². The van der Waals surface area contributed by atoms with E-state index in [9.17, 15) is 10.2 Å². The molecule has 7 nitrogen and oxygen atoms in total. The number of nitrogens with one attached hydrogen (secondary N) is 1. The van der Waals surface area contributed by atoms with E-state index in [2.05, 4.69) is 50.9 Å². The van der Waals surface area contributed by atoms with Crippen LogP contribution in [-0.4, -0.2) is 103 Å². The van der Waals surface area contributed by atoms with Gasteiger partial charge in [0.15, 0.2) is 10.2 Å². The van der Waals surface area contributed by atoms with Crippen LogP contribution in [0.1, 0.15) is 76.3 Å². The second kappa shape index (κ2) is 15.7. The minimum atomic E-state index is 0.310. The van der Waals surface area contributed by atoms with Crippen LogP contribution in [0.4, 0.5) is 0 Å². The number of rotatable bonds is 13. The molecule has 1 saturated carbocycles. The Balaban J connectivity index is 1.16. The van der Waals surface area contributed by atoms with E-state index in [1.54, 1.807) is 12.1 Å². The first-order chi connectivity index (χ1) is 22.7. The number of hydrogen-bond donors (Lipinski definition) is 3. The quantitative estimate of drug-likeness (QED) is 0.216. The number of phenols is 2. The van der Waals surface area contributed by atoms with Gasteiger partial charge in [0.2, 0.25) is 0 Å². The number of likely N-dealkylation sites (tertiary alicyclic amines) is 1. The van der Waals surface area contributed by atoms with Gasteiger partial charge in [0.25, 0.3) is 0 Å². The normalized spacial score (nSPS) is 24.9. The highest BCUT2D eigenvalue weighted by atomic mass is 32.1. The fraction of sp³-hybridized carbons (Fsp3) is 0.632. The third-order valence-corrected chi connectivity index (χ3v) is 11.9. The predicted octanol–water partition coefficient (Wildman–Crippen LogP) is 6.17. The Kier molecular flexibility index (Phi) is 11.5. The summed E-state index contributed by atoms with van der Waals surface area (Å²) in [5.41, 5.74) is 2.50. The number of phenolic OH excluding ortho intramolecular Hbond substituents is 2. The smallest absolute Gasteiger partial charge is 0.172 e. The van der Waals surface area contributed by atoms with Gasteiger partial charge in [0.05, 0.1) is 12.1 Å². The van der Waals surface area contributed by atoms with Crippen LogP contribution >= 0.6 is 24.4 Å². The molecule has 9 heteroatoms. The van der Waals surface area contributed by atoms with Gasteiger partial charge in [-0.05, 0) is 123 Å². The molecule has 2 aromatic rings. The van der Waals surface area contributed by atoms with Crippen molar-refractivity contribution in [2.24, 2.45) is 11.8 Å². The number of thiocarbonyl (C=S) groups is 2. The lowest BCUT2D eigenvalue weighted by Crippen LogP contribution is -2.51. The summed E-state index contributed by atoms with van der Waals surface area (Å²) in [5, 5.41) is 25.1. The minimum Gasteiger partial charge on any atom is -0.508 e. The highest BCUT2D eigenvalue weighted by Crippen LogP contribution is 2.32. The van der Waals surface area contributed by atoms with E-state index >= 15 is 0 Å². The van der Waals surface area contributed by atoms with Gasteiger partial charge in [-0.2, -0.15) is 0 Å². The van der Waals surface area contributed by atoms with E-state index in [1.807, 2.05) is 24.3 Å². The second-order valence-corrected chi connectivity index (χ2v) is 15.8. The van der Waals surface area contributed by atoms with Crippen molar-refractivity contribution in [3.05, 3.63) is 59.7 Å². The molecule has 3 heterocycles.